The van der Waals surface area contributed by atoms with Crippen molar-refractivity contribution in [3.05, 3.63) is 82.4 Å². The Kier molecular flexibility index (Phi) is 10.7. The number of nitrogens with zero attached hydrogens (tertiary/aromatic N) is 1. The molecule has 11 heteroatoms. The maximum Gasteiger partial charge on any atom is 0.329 e. The van der Waals surface area contributed by atoms with Gasteiger partial charge in [0.15, 0.2) is 18.1 Å². The first-order valence-corrected chi connectivity index (χ1v) is 12.3. The molecule has 3 aromatic carbocycles. The molecule has 0 spiro atoms. The van der Waals surface area contributed by atoms with E-state index in [9.17, 15) is 14.4 Å². The lowest BCUT2D eigenvalue weighted by atomic mass is 10.1. The highest BCUT2D eigenvalue weighted by Gasteiger charge is 2.12. The Hall–Kier alpha value is -4.57. The number of benzene rings is 3. The minimum Gasteiger partial charge on any atom is -0.493 e. The number of halogens is 1. The number of hydrogen-bond donors (Lipinski definition) is 3. The van der Waals surface area contributed by atoms with Crippen LogP contribution in [0.5, 0.6) is 17.2 Å². The van der Waals surface area contributed by atoms with Crippen molar-refractivity contribution in [2.45, 2.75) is 13.3 Å². The first-order chi connectivity index (χ1) is 18.8. The average Bonchev–Trinajstić information content (AvgIpc) is 2.93. The van der Waals surface area contributed by atoms with E-state index in [1.807, 2.05) is 25.1 Å². The molecule has 0 saturated heterocycles. The standard InChI is InChI=1S/C28H29ClN4O6/c1-18-4-8-21(9-5-18)32-26(34)17-39-23-10-7-20(14-22(23)29)16-31-33-28(36)27(35)30-13-12-19-6-11-24(37-2)25(15-19)38-3/h4-11,14-16H,12-13,17H2,1-3H3,(H,30,35)(H,32,34)(H,33,36)/b31-16-. The number of rotatable bonds is 11. The van der Waals surface area contributed by atoms with Crippen LogP contribution in [0.2, 0.25) is 5.02 Å². The summed E-state index contributed by atoms with van der Waals surface area (Å²) in [6.07, 6.45) is 1.82. The fourth-order valence-electron chi connectivity index (χ4n) is 3.34. The predicted octanol–water partition coefficient (Wildman–Crippen LogP) is 3.49. The molecule has 0 saturated carbocycles. The molecule has 3 aromatic rings. The van der Waals surface area contributed by atoms with Crippen LogP contribution >= 0.6 is 11.6 Å². The van der Waals surface area contributed by atoms with Crippen LogP contribution in [-0.2, 0) is 20.8 Å². The van der Waals surface area contributed by atoms with Crippen molar-refractivity contribution >= 4 is 41.2 Å². The molecule has 204 valence electrons. The third-order valence-electron chi connectivity index (χ3n) is 5.38. The van der Waals surface area contributed by atoms with Crippen LogP contribution < -0.4 is 30.3 Å². The highest BCUT2D eigenvalue weighted by Crippen LogP contribution is 2.27. The van der Waals surface area contributed by atoms with E-state index in [4.69, 9.17) is 25.8 Å². The molecule has 0 radical (unpaired) electrons. The van der Waals surface area contributed by atoms with Gasteiger partial charge in [-0.3, -0.25) is 14.4 Å². The second-order valence-corrected chi connectivity index (χ2v) is 8.69. The van der Waals surface area contributed by atoms with Gasteiger partial charge in [-0.05, 0) is 66.9 Å². The van der Waals surface area contributed by atoms with Gasteiger partial charge in [-0.15, -0.1) is 0 Å². The molecule has 3 amide bonds. The van der Waals surface area contributed by atoms with Crippen LogP contribution in [-0.4, -0.2) is 51.3 Å². The lowest BCUT2D eigenvalue weighted by Gasteiger charge is -2.10. The predicted molar refractivity (Wildman–Crippen MR) is 149 cm³/mol. The van der Waals surface area contributed by atoms with Crippen LogP contribution in [0.25, 0.3) is 0 Å². The van der Waals surface area contributed by atoms with Gasteiger partial charge in [-0.1, -0.05) is 35.4 Å². The van der Waals surface area contributed by atoms with Gasteiger partial charge >= 0.3 is 11.8 Å². The number of ether oxygens (including phenoxy) is 3. The first-order valence-electron chi connectivity index (χ1n) is 11.9. The van der Waals surface area contributed by atoms with Crippen LogP contribution in [0.1, 0.15) is 16.7 Å². The van der Waals surface area contributed by atoms with Crippen molar-refractivity contribution in [3.8, 4) is 17.2 Å². The minimum atomic E-state index is -0.913. The van der Waals surface area contributed by atoms with Gasteiger partial charge in [0.25, 0.3) is 5.91 Å². The Bertz CT molecular complexity index is 1340. The van der Waals surface area contributed by atoms with Crippen molar-refractivity contribution in [2.24, 2.45) is 5.10 Å². The maximum absolute atomic E-state index is 12.1. The molecule has 0 aromatic heterocycles. The number of hydrogen-bond acceptors (Lipinski definition) is 7. The lowest BCUT2D eigenvalue weighted by molar-refractivity contribution is -0.139. The monoisotopic (exact) mass is 552 g/mol. The van der Waals surface area contributed by atoms with Gasteiger partial charge in [-0.25, -0.2) is 5.43 Å². The van der Waals surface area contributed by atoms with Crippen LogP contribution in [0.3, 0.4) is 0 Å². The maximum atomic E-state index is 12.1. The molecule has 0 atom stereocenters. The Morgan fingerprint density at radius 2 is 1.62 bits per heavy atom. The molecular weight excluding hydrogens is 524 g/mol. The van der Waals surface area contributed by atoms with E-state index in [0.717, 1.165) is 11.1 Å². The Balaban J connectivity index is 1.41. The van der Waals surface area contributed by atoms with Crippen LogP contribution in [0.4, 0.5) is 5.69 Å². The summed E-state index contributed by atoms with van der Waals surface area (Å²) in [4.78, 5) is 36.2. The van der Waals surface area contributed by atoms with E-state index in [1.54, 1.807) is 56.7 Å². The van der Waals surface area contributed by atoms with Gasteiger partial charge in [0.05, 0.1) is 25.5 Å². The minimum absolute atomic E-state index is 0.224. The third-order valence-corrected chi connectivity index (χ3v) is 5.68. The van der Waals surface area contributed by atoms with Crippen LogP contribution in [0.15, 0.2) is 65.8 Å². The summed E-state index contributed by atoms with van der Waals surface area (Å²) in [6.45, 7) is 1.98. The summed E-state index contributed by atoms with van der Waals surface area (Å²) in [7, 11) is 3.09. The van der Waals surface area contributed by atoms with E-state index in [2.05, 4.69) is 21.2 Å². The summed E-state index contributed by atoms with van der Waals surface area (Å²) < 4.78 is 15.9. The topological polar surface area (TPSA) is 127 Å². The molecular formula is C28H29ClN4O6. The molecule has 39 heavy (non-hydrogen) atoms. The first kappa shape index (κ1) is 29.0. The summed E-state index contributed by atoms with van der Waals surface area (Å²) in [6, 6.07) is 17.6. The molecule has 0 heterocycles. The normalized spacial score (nSPS) is 10.6. The summed E-state index contributed by atoms with van der Waals surface area (Å²) in [5, 5.41) is 9.31. The van der Waals surface area contributed by atoms with E-state index in [-0.39, 0.29) is 24.1 Å². The Morgan fingerprint density at radius 1 is 0.897 bits per heavy atom. The Labute approximate surface area is 231 Å². The van der Waals surface area contributed by atoms with Gasteiger partial charge < -0.3 is 24.8 Å². The smallest absolute Gasteiger partial charge is 0.329 e. The zero-order valence-corrected chi connectivity index (χ0v) is 22.5. The second-order valence-electron chi connectivity index (χ2n) is 8.29. The fraction of sp³-hybridized carbons (Fsp3) is 0.214. The number of amides is 3. The van der Waals surface area contributed by atoms with Gasteiger partial charge in [-0.2, -0.15) is 5.10 Å². The molecule has 0 aliphatic rings. The molecule has 0 bridgehead atoms. The molecule has 0 fully saturated rings. The molecule has 0 aliphatic carbocycles. The number of hydrazone groups is 1. The summed E-state index contributed by atoms with van der Waals surface area (Å²) in [5.41, 5.74) is 5.38. The number of aryl methyl sites for hydroxylation is 1. The molecule has 3 N–H and O–H groups in total. The van der Waals surface area contributed by atoms with E-state index < -0.39 is 11.8 Å². The van der Waals surface area contributed by atoms with E-state index in [1.165, 1.54) is 6.21 Å². The third kappa shape index (κ3) is 9.04. The Morgan fingerprint density at radius 3 is 2.31 bits per heavy atom. The summed E-state index contributed by atoms with van der Waals surface area (Å²) in [5.74, 6) is -0.567. The van der Waals surface area contributed by atoms with Crippen LogP contribution in [0, 0.1) is 6.92 Å². The lowest BCUT2D eigenvalue weighted by Crippen LogP contribution is -2.38. The zero-order chi connectivity index (χ0) is 28.2. The molecule has 0 unspecified atom stereocenters. The highest BCUT2D eigenvalue weighted by atomic mass is 35.5. The number of methoxy groups -OCH3 is 2. The van der Waals surface area contributed by atoms with Gasteiger partial charge in [0.2, 0.25) is 0 Å². The number of carbonyl (C=O) groups is 3. The number of anilines is 1. The number of nitrogens with one attached hydrogen (secondary N) is 3. The number of carbonyl (C=O) groups excluding carboxylic acids is 3. The second kappa shape index (κ2) is 14.4. The molecule has 0 aliphatic heterocycles. The van der Waals surface area contributed by atoms with E-state index >= 15 is 0 Å². The van der Waals surface area contributed by atoms with Crippen molar-refractivity contribution in [1.82, 2.24) is 10.7 Å². The molecule has 3 rings (SSSR count). The zero-order valence-electron chi connectivity index (χ0n) is 21.7. The van der Waals surface area contributed by atoms with Crippen molar-refractivity contribution < 1.29 is 28.6 Å². The highest BCUT2D eigenvalue weighted by molar-refractivity contribution is 6.35. The van der Waals surface area contributed by atoms with E-state index in [0.29, 0.717) is 34.9 Å². The summed E-state index contributed by atoms with van der Waals surface area (Å²) >= 11 is 6.24. The van der Waals surface area contributed by atoms with Crippen molar-refractivity contribution in [1.29, 1.82) is 0 Å². The largest absolute Gasteiger partial charge is 0.493 e. The SMILES string of the molecule is COc1ccc(CCNC(=O)C(=O)N/N=C\c2ccc(OCC(=O)Nc3ccc(C)cc3)c(Cl)c2)cc1OC. The average molecular weight is 553 g/mol. The fourth-order valence-corrected chi connectivity index (χ4v) is 3.59. The van der Waals surface area contributed by atoms with Gasteiger partial charge in [0.1, 0.15) is 5.75 Å². The van der Waals surface area contributed by atoms with Crippen molar-refractivity contribution in [3.63, 3.8) is 0 Å². The van der Waals surface area contributed by atoms with Crippen molar-refractivity contribution in [2.75, 3.05) is 32.7 Å². The molecule has 10 nitrogen and oxygen atoms in total. The van der Waals surface area contributed by atoms with Gasteiger partial charge in [0, 0.05) is 12.2 Å². The quantitative estimate of drug-likeness (QED) is 0.190.